The van der Waals surface area contributed by atoms with Crippen molar-refractivity contribution in [3.05, 3.63) is 29.7 Å². The molecule has 1 aliphatic heterocycles. The van der Waals surface area contributed by atoms with E-state index in [-0.39, 0.29) is 5.22 Å². The van der Waals surface area contributed by atoms with Crippen molar-refractivity contribution in [2.45, 2.75) is 0 Å². The third-order valence-electron chi connectivity index (χ3n) is 1.64. The molecule has 0 spiro atoms. The van der Waals surface area contributed by atoms with Gasteiger partial charge in [0.25, 0.3) is 0 Å². The Morgan fingerprint density at radius 3 is 3.00 bits per heavy atom. The minimum absolute atomic E-state index is 0.192. The molecule has 0 atom stereocenters. The van der Waals surface area contributed by atoms with Crippen LogP contribution in [0, 0.1) is 0 Å². The van der Waals surface area contributed by atoms with Crippen LogP contribution in [0.5, 0.6) is 17.2 Å². The van der Waals surface area contributed by atoms with Gasteiger partial charge in [-0.2, -0.15) is 0 Å². The molecule has 0 radical (unpaired) electrons. The topological polar surface area (TPSA) is 27.7 Å². The molecule has 0 saturated carbocycles. The lowest BCUT2D eigenvalue weighted by Crippen LogP contribution is -2.02. The van der Waals surface area contributed by atoms with Crippen molar-refractivity contribution in [3.63, 3.8) is 0 Å². The van der Waals surface area contributed by atoms with E-state index in [0.717, 1.165) is 0 Å². The summed E-state index contributed by atoms with van der Waals surface area (Å²) in [5.74, 6) is 1.71. The van der Waals surface area contributed by atoms with Gasteiger partial charge in [0.2, 0.25) is 11.0 Å². The smallest absolute Gasteiger partial charge is 0.229 e. The molecule has 1 aromatic carbocycles. The highest BCUT2D eigenvalue weighted by molar-refractivity contribution is 6.28. The van der Waals surface area contributed by atoms with Crippen molar-refractivity contribution in [1.29, 1.82) is 0 Å². The summed E-state index contributed by atoms with van der Waals surface area (Å²) < 4.78 is 15.5. The van der Waals surface area contributed by atoms with Crippen molar-refractivity contribution in [2.24, 2.45) is 0 Å². The van der Waals surface area contributed by atoms with E-state index in [1.54, 1.807) is 19.2 Å². The molecule has 0 unspecified atom stereocenters. The van der Waals surface area contributed by atoms with E-state index in [1.165, 1.54) is 6.26 Å². The van der Waals surface area contributed by atoms with Crippen LogP contribution in [0.4, 0.5) is 0 Å². The van der Waals surface area contributed by atoms with E-state index in [4.69, 9.17) is 25.8 Å². The lowest BCUT2D eigenvalue weighted by Gasteiger charge is -2.16. The molecule has 13 heavy (non-hydrogen) atoms. The second-order valence-electron chi connectivity index (χ2n) is 2.43. The predicted molar refractivity (Wildman–Crippen MR) is 48.2 cm³/mol. The van der Waals surface area contributed by atoms with Crippen molar-refractivity contribution < 1.29 is 14.2 Å². The summed E-state index contributed by atoms with van der Waals surface area (Å²) in [6.45, 7) is 0. The summed E-state index contributed by atoms with van der Waals surface area (Å²) >= 11 is 5.63. The van der Waals surface area contributed by atoms with E-state index < -0.39 is 0 Å². The van der Waals surface area contributed by atoms with Crippen LogP contribution in [0.15, 0.2) is 29.7 Å². The number of fused-ring (bicyclic) bond motifs is 1. The van der Waals surface area contributed by atoms with E-state index in [2.05, 4.69) is 0 Å². The molecule has 1 aromatic rings. The molecule has 0 aliphatic carbocycles. The summed E-state index contributed by atoms with van der Waals surface area (Å²) in [4.78, 5) is 0. The zero-order valence-electron chi connectivity index (χ0n) is 6.91. The Labute approximate surface area is 80.5 Å². The summed E-state index contributed by atoms with van der Waals surface area (Å²) in [5.41, 5.74) is 0. The maximum Gasteiger partial charge on any atom is 0.229 e. The van der Waals surface area contributed by atoms with Gasteiger partial charge < -0.3 is 14.2 Å². The standard InChI is InChI=1S/C9H7ClO3/c1-11-6-3-2-4-7-9(6)13-8(10)5-12-7/h2-5H,1H3. The monoisotopic (exact) mass is 198 g/mol. The van der Waals surface area contributed by atoms with Gasteiger partial charge in [0.1, 0.15) is 6.26 Å². The number of hydrogen-bond acceptors (Lipinski definition) is 3. The van der Waals surface area contributed by atoms with Crippen molar-refractivity contribution in [3.8, 4) is 17.2 Å². The van der Waals surface area contributed by atoms with Crippen LogP contribution < -0.4 is 14.2 Å². The molecule has 4 heteroatoms. The molecular weight excluding hydrogens is 192 g/mol. The third kappa shape index (κ3) is 1.42. The van der Waals surface area contributed by atoms with Gasteiger partial charge in [-0.3, -0.25) is 0 Å². The SMILES string of the molecule is COc1cccc2c1OC(Cl)=CO2. The van der Waals surface area contributed by atoms with Crippen LogP contribution in [0.1, 0.15) is 0 Å². The largest absolute Gasteiger partial charge is 0.493 e. The molecule has 2 rings (SSSR count). The van der Waals surface area contributed by atoms with Gasteiger partial charge in [0, 0.05) is 0 Å². The van der Waals surface area contributed by atoms with Gasteiger partial charge in [-0.15, -0.1) is 0 Å². The zero-order chi connectivity index (χ0) is 9.26. The molecule has 1 aliphatic rings. The Kier molecular flexibility index (Phi) is 2.02. The Hall–Kier alpha value is -1.35. The second kappa shape index (κ2) is 3.18. The third-order valence-corrected chi connectivity index (χ3v) is 1.81. The summed E-state index contributed by atoms with van der Waals surface area (Å²) in [7, 11) is 1.56. The second-order valence-corrected chi connectivity index (χ2v) is 2.80. The molecular formula is C9H7ClO3. The molecule has 0 aromatic heterocycles. The van der Waals surface area contributed by atoms with Gasteiger partial charge >= 0.3 is 0 Å². The Morgan fingerprint density at radius 1 is 1.38 bits per heavy atom. The van der Waals surface area contributed by atoms with Crippen LogP contribution in [0.25, 0.3) is 0 Å². The average Bonchev–Trinajstić information content (AvgIpc) is 2.17. The van der Waals surface area contributed by atoms with E-state index >= 15 is 0 Å². The Balaban J connectivity index is 2.46. The highest BCUT2D eigenvalue weighted by atomic mass is 35.5. The van der Waals surface area contributed by atoms with Crippen LogP contribution in [-0.2, 0) is 0 Å². The molecule has 0 amide bonds. The quantitative estimate of drug-likeness (QED) is 0.694. The van der Waals surface area contributed by atoms with Crippen molar-refractivity contribution >= 4 is 11.6 Å². The summed E-state index contributed by atoms with van der Waals surface area (Å²) in [6.07, 6.45) is 1.34. The van der Waals surface area contributed by atoms with E-state index in [9.17, 15) is 0 Å². The van der Waals surface area contributed by atoms with Crippen molar-refractivity contribution in [2.75, 3.05) is 7.11 Å². The zero-order valence-corrected chi connectivity index (χ0v) is 7.67. The first kappa shape index (κ1) is 8.26. The Bertz CT molecular complexity index is 360. The van der Waals surface area contributed by atoms with Crippen molar-refractivity contribution in [1.82, 2.24) is 0 Å². The number of halogens is 1. The number of hydrogen-bond donors (Lipinski definition) is 0. The van der Waals surface area contributed by atoms with Gasteiger partial charge in [-0.25, -0.2) is 0 Å². The summed E-state index contributed by atoms with van der Waals surface area (Å²) in [6, 6.07) is 5.36. The van der Waals surface area contributed by atoms with Crippen LogP contribution >= 0.6 is 11.6 Å². The van der Waals surface area contributed by atoms with Crippen LogP contribution in [0.2, 0.25) is 0 Å². The molecule has 68 valence electrons. The molecule has 1 heterocycles. The number of rotatable bonds is 1. The van der Waals surface area contributed by atoms with Gasteiger partial charge in [-0.05, 0) is 23.7 Å². The number of methoxy groups -OCH3 is 1. The first-order chi connectivity index (χ1) is 6.31. The minimum atomic E-state index is 0.192. The maximum atomic E-state index is 5.63. The highest BCUT2D eigenvalue weighted by Crippen LogP contribution is 2.40. The predicted octanol–water partition coefficient (Wildman–Crippen LogP) is 2.50. The molecule has 0 bridgehead atoms. The molecule has 3 nitrogen and oxygen atoms in total. The number of para-hydroxylation sites is 1. The lowest BCUT2D eigenvalue weighted by atomic mass is 10.3. The number of ether oxygens (including phenoxy) is 3. The highest BCUT2D eigenvalue weighted by Gasteiger charge is 2.17. The summed E-state index contributed by atoms with van der Waals surface area (Å²) in [5, 5.41) is 0.192. The van der Waals surface area contributed by atoms with Crippen LogP contribution in [0.3, 0.4) is 0 Å². The average molecular weight is 199 g/mol. The molecule has 0 fully saturated rings. The fraction of sp³-hybridized carbons (Fsp3) is 0.111. The normalized spacial score (nSPS) is 13.5. The molecule has 0 N–H and O–H groups in total. The fourth-order valence-electron chi connectivity index (χ4n) is 1.08. The molecule has 0 saturated heterocycles. The van der Waals surface area contributed by atoms with Gasteiger partial charge in [0.05, 0.1) is 7.11 Å². The maximum absolute atomic E-state index is 5.63. The lowest BCUT2D eigenvalue weighted by molar-refractivity contribution is 0.320. The van der Waals surface area contributed by atoms with E-state index in [1.807, 2.05) is 6.07 Å². The minimum Gasteiger partial charge on any atom is -0.493 e. The van der Waals surface area contributed by atoms with Crippen LogP contribution in [-0.4, -0.2) is 7.11 Å². The first-order valence-electron chi connectivity index (χ1n) is 3.68. The number of benzene rings is 1. The van der Waals surface area contributed by atoms with Gasteiger partial charge in [-0.1, -0.05) is 6.07 Å². The first-order valence-corrected chi connectivity index (χ1v) is 4.06. The van der Waals surface area contributed by atoms with E-state index in [0.29, 0.717) is 17.2 Å². The Morgan fingerprint density at radius 2 is 2.23 bits per heavy atom. The fourth-order valence-corrected chi connectivity index (χ4v) is 1.20. The van der Waals surface area contributed by atoms with Gasteiger partial charge in [0.15, 0.2) is 11.5 Å².